The minimum absolute atomic E-state index is 0.0366. The van der Waals surface area contributed by atoms with Crippen molar-refractivity contribution in [3.05, 3.63) is 29.8 Å². The summed E-state index contributed by atoms with van der Waals surface area (Å²) < 4.78 is 28.0. The second-order valence-electron chi connectivity index (χ2n) is 4.62. The third-order valence-corrected chi connectivity index (χ3v) is 4.88. The molecule has 1 aromatic rings. The highest BCUT2D eigenvalue weighted by Gasteiger charge is 2.26. The topological polar surface area (TPSA) is 72.5 Å². The molecule has 1 saturated heterocycles. The first-order valence-electron chi connectivity index (χ1n) is 6.11. The third kappa shape index (κ3) is 3.78. The molecular formula is C13H17NO4S. The second kappa shape index (κ2) is 5.71. The highest BCUT2D eigenvalue weighted by Crippen LogP contribution is 2.14. The van der Waals surface area contributed by atoms with Crippen LogP contribution in [0.25, 0.3) is 0 Å². The quantitative estimate of drug-likeness (QED) is 0.822. The first-order valence-corrected chi connectivity index (χ1v) is 7.93. The third-order valence-electron chi connectivity index (χ3n) is 3.14. The first kappa shape index (κ1) is 14.0. The summed E-state index contributed by atoms with van der Waals surface area (Å²) in [5, 5.41) is 3.07. The fourth-order valence-electron chi connectivity index (χ4n) is 2.12. The van der Waals surface area contributed by atoms with Gasteiger partial charge in [-0.25, -0.2) is 8.42 Å². The summed E-state index contributed by atoms with van der Waals surface area (Å²) in [4.78, 5) is 12.0. The summed E-state index contributed by atoms with van der Waals surface area (Å²) >= 11 is 0. The monoisotopic (exact) mass is 283 g/mol. The van der Waals surface area contributed by atoms with Crippen molar-refractivity contribution >= 4 is 15.6 Å². The predicted octanol–water partition coefficient (Wildman–Crippen LogP) is 0.655. The van der Waals surface area contributed by atoms with E-state index in [1.54, 1.807) is 31.4 Å². The molecule has 1 aliphatic rings. The van der Waals surface area contributed by atoms with Crippen molar-refractivity contribution in [2.75, 3.05) is 25.2 Å². The summed E-state index contributed by atoms with van der Waals surface area (Å²) in [6, 6.07) is 6.54. The Hall–Kier alpha value is -1.40. The Labute approximate surface area is 112 Å². The maximum atomic E-state index is 12.0. The lowest BCUT2D eigenvalue weighted by Crippen LogP contribution is -2.45. The molecule has 6 heteroatoms. The molecule has 1 heterocycles. The maximum absolute atomic E-state index is 12.0. The number of hydrogen-bond acceptors (Lipinski definition) is 5. The summed E-state index contributed by atoms with van der Waals surface area (Å²) in [5.41, 5.74) is 0.575. The summed E-state index contributed by atoms with van der Waals surface area (Å²) in [5.74, 6) is 0.821. The van der Waals surface area contributed by atoms with Crippen molar-refractivity contribution in [3.8, 4) is 5.75 Å². The largest absolute Gasteiger partial charge is 0.497 e. The van der Waals surface area contributed by atoms with Crippen molar-refractivity contribution < 1.29 is 17.9 Å². The first-order chi connectivity index (χ1) is 9.00. The zero-order chi connectivity index (χ0) is 13.9. The van der Waals surface area contributed by atoms with Crippen LogP contribution < -0.4 is 10.1 Å². The van der Waals surface area contributed by atoms with Gasteiger partial charge < -0.3 is 10.1 Å². The molecule has 5 nitrogen and oxygen atoms in total. The second-order valence-corrected chi connectivity index (χ2v) is 6.85. The normalized spacial score (nSPS) is 21.8. The zero-order valence-corrected chi connectivity index (χ0v) is 11.6. The summed E-state index contributed by atoms with van der Waals surface area (Å²) in [6.07, 6.45) is 0.200. The van der Waals surface area contributed by atoms with Crippen LogP contribution in [-0.2, 0) is 9.84 Å². The number of nitrogens with one attached hydrogen (secondary N) is 1. The minimum atomic E-state index is -3.01. The van der Waals surface area contributed by atoms with Crippen molar-refractivity contribution in [2.24, 2.45) is 0 Å². The van der Waals surface area contributed by atoms with E-state index in [4.69, 9.17) is 4.74 Å². The number of rotatable bonds is 4. The lowest BCUT2D eigenvalue weighted by atomic mass is 10.0. The Morgan fingerprint density at radius 1 is 1.37 bits per heavy atom. The number of carbonyl (C=O) groups is 1. The highest BCUT2D eigenvalue weighted by molar-refractivity contribution is 7.91. The number of sulfone groups is 1. The maximum Gasteiger partial charge on any atom is 0.164 e. The van der Waals surface area contributed by atoms with Gasteiger partial charge >= 0.3 is 0 Å². The van der Waals surface area contributed by atoms with Gasteiger partial charge in [-0.15, -0.1) is 0 Å². The Balaban J connectivity index is 2.00. The van der Waals surface area contributed by atoms with Crippen LogP contribution in [0, 0.1) is 0 Å². The van der Waals surface area contributed by atoms with E-state index in [2.05, 4.69) is 5.32 Å². The Kier molecular flexibility index (Phi) is 4.21. The SMILES string of the molecule is COc1ccc(C(=O)CC2CS(=O)(=O)CCN2)cc1. The van der Waals surface area contributed by atoms with E-state index in [1.807, 2.05) is 0 Å². The van der Waals surface area contributed by atoms with Crippen LogP contribution in [0.1, 0.15) is 16.8 Å². The number of Topliss-reactive ketones (excluding diaryl/α,β-unsaturated/α-hetero) is 1. The van der Waals surface area contributed by atoms with Gasteiger partial charge in [-0.3, -0.25) is 4.79 Å². The lowest BCUT2D eigenvalue weighted by Gasteiger charge is -2.22. The van der Waals surface area contributed by atoms with Crippen LogP contribution in [0.5, 0.6) is 5.75 Å². The number of methoxy groups -OCH3 is 1. The van der Waals surface area contributed by atoms with Gasteiger partial charge in [0.05, 0.1) is 18.6 Å². The van der Waals surface area contributed by atoms with Gasteiger partial charge in [-0.05, 0) is 24.3 Å². The zero-order valence-electron chi connectivity index (χ0n) is 10.8. The summed E-state index contributed by atoms with van der Waals surface area (Å²) in [6.45, 7) is 0.420. The average molecular weight is 283 g/mol. The molecule has 104 valence electrons. The van der Waals surface area contributed by atoms with Crippen LogP contribution >= 0.6 is 0 Å². The molecule has 0 saturated carbocycles. The van der Waals surface area contributed by atoms with Crippen LogP contribution in [-0.4, -0.2) is 45.4 Å². The summed E-state index contributed by atoms with van der Waals surface area (Å²) in [7, 11) is -1.44. The molecule has 1 atom stereocenters. The molecule has 2 rings (SSSR count). The molecule has 1 fully saturated rings. The predicted molar refractivity (Wildman–Crippen MR) is 72.4 cm³/mol. The van der Waals surface area contributed by atoms with Crippen molar-refractivity contribution in [3.63, 3.8) is 0 Å². The molecule has 0 aliphatic carbocycles. The van der Waals surface area contributed by atoms with Gasteiger partial charge in [0, 0.05) is 24.6 Å². The fraction of sp³-hybridized carbons (Fsp3) is 0.462. The highest BCUT2D eigenvalue weighted by atomic mass is 32.2. The minimum Gasteiger partial charge on any atom is -0.497 e. The standard InChI is InChI=1S/C13H17NO4S/c1-18-12-4-2-10(3-5-12)13(15)8-11-9-19(16,17)7-6-14-11/h2-5,11,14H,6-9H2,1H3. The number of ether oxygens (including phenoxy) is 1. The van der Waals surface area contributed by atoms with E-state index in [0.29, 0.717) is 17.9 Å². The van der Waals surface area contributed by atoms with Crippen LogP contribution in [0.3, 0.4) is 0 Å². The molecule has 0 spiro atoms. The smallest absolute Gasteiger partial charge is 0.164 e. The van der Waals surface area contributed by atoms with Gasteiger partial charge in [-0.2, -0.15) is 0 Å². The molecule has 19 heavy (non-hydrogen) atoms. The number of hydrogen-bond donors (Lipinski definition) is 1. The molecule has 0 amide bonds. The van der Waals surface area contributed by atoms with Crippen molar-refractivity contribution in [1.29, 1.82) is 0 Å². The van der Waals surface area contributed by atoms with Crippen LogP contribution in [0.2, 0.25) is 0 Å². The van der Waals surface area contributed by atoms with Crippen molar-refractivity contribution in [1.82, 2.24) is 5.32 Å². The van der Waals surface area contributed by atoms with Gasteiger partial charge in [0.1, 0.15) is 5.75 Å². The van der Waals surface area contributed by atoms with Crippen molar-refractivity contribution in [2.45, 2.75) is 12.5 Å². The Morgan fingerprint density at radius 2 is 2.05 bits per heavy atom. The number of ketones is 1. The van der Waals surface area contributed by atoms with E-state index in [9.17, 15) is 13.2 Å². The molecule has 0 bridgehead atoms. The molecular weight excluding hydrogens is 266 g/mol. The van der Waals surface area contributed by atoms with E-state index < -0.39 is 9.84 Å². The van der Waals surface area contributed by atoms with Gasteiger partial charge in [-0.1, -0.05) is 0 Å². The Bertz CT molecular complexity index is 551. The number of benzene rings is 1. The van der Waals surface area contributed by atoms with E-state index in [-0.39, 0.29) is 29.8 Å². The van der Waals surface area contributed by atoms with E-state index >= 15 is 0 Å². The average Bonchev–Trinajstić information content (AvgIpc) is 2.37. The van der Waals surface area contributed by atoms with Crippen LogP contribution in [0.15, 0.2) is 24.3 Å². The molecule has 1 aliphatic heterocycles. The number of carbonyl (C=O) groups excluding carboxylic acids is 1. The molecule has 0 radical (unpaired) electrons. The molecule has 1 aromatic carbocycles. The van der Waals surface area contributed by atoms with Gasteiger partial charge in [0.15, 0.2) is 15.6 Å². The Morgan fingerprint density at radius 3 is 2.63 bits per heavy atom. The van der Waals surface area contributed by atoms with E-state index in [1.165, 1.54) is 0 Å². The van der Waals surface area contributed by atoms with E-state index in [0.717, 1.165) is 0 Å². The molecule has 0 aromatic heterocycles. The molecule has 1 unspecified atom stereocenters. The fourth-order valence-corrected chi connectivity index (χ4v) is 3.56. The lowest BCUT2D eigenvalue weighted by molar-refractivity contribution is 0.0972. The molecule has 1 N–H and O–H groups in total. The van der Waals surface area contributed by atoms with Gasteiger partial charge in [0.25, 0.3) is 0 Å². The van der Waals surface area contributed by atoms with Crippen LogP contribution in [0.4, 0.5) is 0 Å². The van der Waals surface area contributed by atoms with Gasteiger partial charge in [0.2, 0.25) is 0 Å².